The Morgan fingerprint density at radius 1 is 1.20 bits per heavy atom. The molecule has 0 saturated heterocycles. The highest BCUT2D eigenvalue weighted by Gasteiger charge is 2.20. The third kappa shape index (κ3) is 4.24. The standard InChI is InChI=1S/C10H10F2N2O5S/c11-7-3-5(6(10(16)17)4-8(7)12)9(15)14-1-2-20(13,18)19/h3-4H,1-2H2,(H,14,15)(H,16,17)(H2,13,18,19). The smallest absolute Gasteiger partial charge is 0.336 e. The minimum absolute atomic E-state index is 0.367. The summed E-state index contributed by atoms with van der Waals surface area (Å²) < 4.78 is 47.2. The van der Waals surface area contributed by atoms with Gasteiger partial charge in [-0.2, -0.15) is 0 Å². The molecule has 0 aliphatic heterocycles. The molecule has 1 aromatic rings. The first kappa shape index (κ1) is 16.0. The summed E-state index contributed by atoms with van der Waals surface area (Å²) >= 11 is 0. The molecule has 10 heteroatoms. The molecule has 0 spiro atoms. The Morgan fingerprint density at radius 2 is 1.70 bits per heavy atom. The highest BCUT2D eigenvalue weighted by molar-refractivity contribution is 7.89. The number of carboxylic acids is 1. The van der Waals surface area contributed by atoms with Crippen molar-refractivity contribution < 1.29 is 31.9 Å². The van der Waals surface area contributed by atoms with Crippen molar-refractivity contribution in [3.05, 3.63) is 34.9 Å². The van der Waals surface area contributed by atoms with Crippen LogP contribution in [0.1, 0.15) is 20.7 Å². The quantitative estimate of drug-likeness (QED) is 0.687. The molecule has 0 aromatic heterocycles. The fraction of sp³-hybridized carbons (Fsp3) is 0.200. The molecule has 0 aliphatic rings. The van der Waals surface area contributed by atoms with Gasteiger partial charge in [0.2, 0.25) is 10.0 Å². The zero-order valence-electron chi connectivity index (χ0n) is 9.89. The van der Waals surface area contributed by atoms with Crippen molar-refractivity contribution in [2.24, 2.45) is 5.14 Å². The number of rotatable bonds is 5. The molecule has 0 atom stereocenters. The van der Waals surface area contributed by atoms with E-state index in [1.807, 2.05) is 5.32 Å². The number of benzene rings is 1. The molecule has 0 unspecified atom stereocenters. The van der Waals surface area contributed by atoms with Crippen molar-refractivity contribution in [3.63, 3.8) is 0 Å². The third-order valence-electron chi connectivity index (χ3n) is 2.21. The van der Waals surface area contributed by atoms with E-state index in [1.165, 1.54) is 0 Å². The summed E-state index contributed by atoms with van der Waals surface area (Å²) in [6, 6.07) is 0.789. The number of carbonyl (C=O) groups is 2. The third-order valence-corrected chi connectivity index (χ3v) is 2.98. The van der Waals surface area contributed by atoms with Gasteiger partial charge in [-0.25, -0.2) is 27.1 Å². The predicted octanol–water partition coefficient (Wildman–Crippen LogP) is -0.319. The molecule has 1 rings (SSSR count). The summed E-state index contributed by atoms with van der Waals surface area (Å²) in [7, 11) is -3.81. The second-order valence-corrected chi connectivity index (χ2v) is 5.47. The van der Waals surface area contributed by atoms with Crippen LogP contribution in [0.2, 0.25) is 0 Å². The molecule has 4 N–H and O–H groups in total. The minimum Gasteiger partial charge on any atom is -0.478 e. The first-order valence-electron chi connectivity index (χ1n) is 5.13. The number of nitrogens with two attached hydrogens (primary N) is 1. The maximum atomic E-state index is 13.0. The SMILES string of the molecule is NS(=O)(=O)CCNC(=O)c1cc(F)c(F)cc1C(=O)O. The van der Waals surface area contributed by atoms with Crippen molar-refractivity contribution in [2.75, 3.05) is 12.3 Å². The number of sulfonamides is 1. The van der Waals surface area contributed by atoms with Gasteiger partial charge in [-0.3, -0.25) is 4.79 Å². The van der Waals surface area contributed by atoms with Crippen LogP contribution in [0.3, 0.4) is 0 Å². The number of hydrogen-bond donors (Lipinski definition) is 3. The van der Waals surface area contributed by atoms with Gasteiger partial charge in [0.05, 0.1) is 16.9 Å². The van der Waals surface area contributed by atoms with Crippen LogP contribution in [-0.4, -0.2) is 37.7 Å². The van der Waals surface area contributed by atoms with Gasteiger partial charge in [0.1, 0.15) is 0 Å². The van der Waals surface area contributed by atoms with Crippen LogP contribution in [0.25, 0.3) is 0 Å². The van der Waals surface area contributed by atoms with Crippen molar-refractivity contribution in [2.45, 2.75) is 0 Å². The van der Waals surface area contributed by atoms with Gasteiger partial charge in [0, 0.05) is 6.54 Å². The Hall–Kier alpha value is -2.07. The summed E-state index contributed by atoms with van der Waals surface area (Å²) in [5, 5.41) is 15.5. The average Bonchev–Trinajstić information content (AvgIpc) is 2.29. The first-order chi connectivity index (χ1) is 9.11. The number of hydrogen-bond acceptors (Lipinski definition) is 4. The molecule has 0 fully saturated rings. The Balaban J connectivity index is 2.98. The molecule has 0 heterocycles. The number of aromatic carboxylic acids is 1. The Bertz CT molecular complexity index is 660. The number of nitrogens with one attached hydrogen (secondary N) is 1. The molecule has 1 aromatic carbocycles. The van der Waals surface area contributed by atoms with E-state index >= 15 is 0 Å². The van der Waals surface area contributed by atoms with Crippen LogP contribution in [0.15, 0.2) is 12.1 Å². The summed E-state index contributed by atoms with van der Waals surface area (Å²) in [4.78, 5) is 22.5. The fourth-order valence-electron chi connectivity index (χ4n) is 1.31. The molecule has 0 saturated carbocycles. The van der Waals surface area contributed by atoms with Crippen LogP contribution >= 0.6 is 0 Å². The van der Waals surface area contributed by atoms with Gasteiger partial charge in [-0.05, 0) is 12.1 Å². The second kappa shape index (κ2) is 5.92. The Labute approximate surface area is 112 Å². The van der Waals surface area contributed by atoms with E-state index in [0.29, 0.717) is 12.1 Å². The van der Waals surface area contributed by atoms with Crippen molar-refractivity contribution >= 4 is 21.9 Å². The van der Waals surface area contributed by atoms with E-state index in [-0.39, 0.29) is 0 Å². The molecular formula is C10H10F2N2O5S. The largest absolute Gasteiger partial charge is 0.478 e. The molecule has 0 bridgehead atoms. The van der Waals surface area contributed by atoms with Gasteiger partial charge in [0.15, 0.2) is 11.6 Å². The molecule has 1 amide bonds. The normalized spacial score (nSPS) is 11.2. The summed E-state index contributed by atoms with van der Waals surface area (Å²) in [5.74, 6) is -6.06. The van der Waals surface area contributed by atoms with E-state index in [0.717, 1.165) is 0 Å². The number of carboxylic acid groups (broad SMARTS) is 1. The van der Waals surface area contributed by atoms with Crippen LogP contribution < -0.4 is 10.5 Å². The lowest BCUT2D eigenvalue weighted by atomic mass is 10.1. The summed E-state index contributed by atoms with van der Waals surface area (Å²) in [6.07, 6.45) is 0. The van der Waals surface area contributed by atoms with Crippen molar-refractivity contribution in [3.8, 4) is 0 Å². The topological polar surface area (TPSA) is 127 Å². The van der Waals surface area contributed by atoms with Gasteiger partial charge in [-0.1, -0.05) is 0 Å². The van der Waals surface area contributed by atoms with Crippen molar-refractivity contribution in [1.82, 2.24) is 5.32 Å². The summed E-state index contributed by atoms with van der Waals surface area (Å²) in [5.41, 5.74) is -1.36. The van der Waals surface area contributed by atoms with Gasteiger partial charge < -0.3 is 10.4 Å². The molecule has 110 valence electrons. The van der Waals surface area contributed by atoms with E-state index < -0.39 is 57.0 Å². The lowest BCUT2D eigenvalue weighted by Gasteiger charge is -2.08. The first-order valence-corrected chi connectivity index (χ1v) is 6.84. The van der Waals surface area contributed by atoms with Crippen LogP contribution in [0, 0.1) is 11.6 Å². The molecular weight excluding hydrogens is 298 g/mol. The number of halogens is 2. The zero-order valence-corrected chi connectivity index (χ0v) is 10.7. The maximum Gasteiger partial charge on any atom is 0.336 e. The monoisotopic (exact) mass is 308 g/mol. The van der Waals surface area contributed by atoms with Crippen LogP contribution in [0.5, 0.6) is 0 Å². The zero-order chi connectivity index (χ0) is 15.5. The number of primary sulfonamides is 1. The van der Waals surface area contributed by atoms with E-state index in [1.54, 1.807) is 0 Å². The average molecular weight is 308 g/mol. The lowest BCUT2D eigenvalue weighted by molar-refractivity contribution is 0.0690. The molecule has 0 aliphatic carbocycles. The van der Waals surface area contributed by atoms with Gasteiger partial charge in [0.25, 0.3) is 5.91 Å². The molecule has 7 nitrogen and oxygen atoms in total. The highest BCUT2D eigenvalue weighted by atomic mass is 32.2. The van der Waals surface area contributed by atoms with Gasteiger partial charge >= 0.3 is 5.97 Å². The fourth-order valence-corrected chi connectivity index (χ4v) is 1.70. The Morgan fingerprint density at radius 3 is 2.15 bits per heavy atom. The van der Waals surface area contributed by atoms with Crippen LogP contribution in [0.4, 0.5) is 8.78 Å². The lowest BCUT2D eigenvalue weighted by Crippen LogP contribution is -2.32. The summed E-state index contributed by atoms with van der Waals surface area (Å²) in [6.45, 7) is -0.393. The van der Waals surface area contributed by atoms with E-state index in [9.17, 15) is 26.8 Å². The highest BCUT2D eigenvalue weighted by Crippen LogP contribution is 2.15. The molecule has 20 heavy (non-hydrogen) atoms. The maximum absolute atomic E-state index is 13.0. The van der Waals surface area contributed by atoms with Gasteiger partial charge in [-0.15, -0.1) is 0 Å². The molecule has 0 radical (unpaired) electrons. The van der Waals surface area contributed by atoms with Crippen LogP contribution in [-0.2, 0) is 10.0 Å². The van der Waals surface area contributed by atoms with Crippen molar-refractivity contribution in [1.29, 1.82) is 0 Å². The predicted molar refractivity (Wildman–Crippen MR) is 63.6 cm³/mol. The van der Waals surface area contributed by atoms with E-state index in [2.05, 4.69) is 0 Å². The Kier molecular flexibility index (Phi) is 4.73. The number of carbonyl (C=O) groups excluding carboxylic acids is 1. The number of amides is 1. The van der Waals surface area contributed by atoms with E-state index in [4.69, 9.17) is 10.2 Å². The minimum atomic E-state index is -3.81. The second-order valence-electron chi connectivity index (χ2n) is 3.74.